The standard InChI is InChI=1S/C5H11NO2S2/c1-9-5-3-6(4-5)10(2,7)8/h5H,3-4H2,1-2H3. The van der Waals surface area contributed by atoms with E-state index in [1.54, 1.807) is 11.8 Å². The van der Waals surface area contributed by atoms with E-state index in [0.717, 1.165) is 0 Å². The second-order valence-electron chi connectivity index (χ2n) is 2.44. The van der Waals surface area contributed by atoms with E-state index in [2.05, 4.69) is 0 Å². The highest BCUT2D eigenvalue weighted by Gasteiger charge is 2.31. The van der Waals surface area contributed by atoms with Crippen LogP contribution in [0.3, 0.4) is 0 Å². The summed E-state index contributed by atoms with van der Waals surface area (Å²) in [6, 6.07) is 0. The summed E-state index contributed by atoms with van der Waals surface area (Å²) in [5.74, 6) is 0. The van der Waals surface area contributed by atoms with Crippen molar-refractivity contribution in [3.05, 3.63) is 0 Å². The first-order chi connectivity index (χ1) is 4.54. The average Bonchev–Trinajstić information content (AvgIpc) is 1.57. The van der Waals surface area contributed by atoms with Crippen LogP contribution < -0.4 is 0 Å². The third-order valence-electron chi connectivity index (χ3n) is 1.62. The summed E-state index contributed by atoms with van der Waals surface area (Å²) in [5.41, 5.74) is 0. The van der Waals surface area contributed by atoms with Crippen molar-refractivity contribution in [3.63, 3.8) is 0 Å². The highest BCUT2D eigenvalue weighted by Crippen LogP contribution is 2.21. The fourth-order valence-corrected chi connectivity index (χ4v) is 2.57. The molecule has 0 saturated carbocycles. The van der Waals surface area contributed by atoms with Gasteiger partial charge in [-0.05, 0) is 6.26 Å². The Hall–Kier alpha value is 0.260. The van der Waals surface area contributed by atoms with Gasteiger partial charge in [0.1, 0.15) is 0 Å². The Kier molecular flexibility index (Phi) is 2.27. The Bertz CT molecular complexity index is 206. The molecule has 3 nitrogen and oxygen atoms in total. The first kappa shape index (κ1) is 8.36. The molecule has 60 valence electrons. The van der Waals surface area contributed by atoms with Crippen LogP contribution in [0.15, 0.2) is 0 Å². The molecule has 1 rings (SSSR count). The minimum atomic E-state index is -2.89. The summed E-state index contributed by atoms with van der Waals surface area (Å²) in [6.07, 6.45) is 3.26. The van der Waals surface area contributed by atoms with E-state index >= 15 is 0 Å². The Balaban J connectivity index is 2.41. The van der Waals surface area contributed by atoms with Crippen molar-refractivity contribution in [1.82, 2.24) is 4.31 Å². The van der Waals surface area contributed by atoms with Gasteiger partial charge in [-0.2, -0.15) is 16.1 Å². The molecular weight excluding hydrogens is 170 g/mol. The Morgan fingerprint density at radius 2 is 2.00 bits per heavy atom. The van der Waals surface area contributed by atoms with E-state index in [9.17, 15) is 8.42 Å². The smallest absolute Gasteiger partial charge is 0.211 e. The largest absolute Gasteiger partial charge is 0.213 e. The highest BCUT2D eigenvalue weighted by atomic mass is 32.2. The molecule has 0 aromatic rings. The maximum Gasteiger partial charge on any atom is 0.211 e. The third kappa shape index (κ3) is 1.65. The van der Waals surface area contributed by atoms with Crippen molar-refractivity contribution in [2.24, 2.45) is 0 Å². The molecule has 0 unspecified atom stereocenters. The van der Waals surface area contributed by atoms with Crippen LogP contribution in [0, 0.1) is 0 Å². The second kappa shape index (κ2) is 2.71. The van der Waals surface area contributed by atoms with E-state index in [1.165, 1.54) is 10.6 Å². The lowest BCUT2D eigenvalue weighted by molar-refractivity contribution is 0.323. The van der Waals surface area contributed by atoms with Crippen LogP contribution in [0.1, 0.15) is 0 Å². The van der Waals surface area contributed by atoms with Gasteiger partial charge in [0.05, 0.1) is 6.26 Å². The van der Waals surface area contributed by atoms with E-state index in [1.807, 2.05) is 6.26 Å². The average molecular weight is 181 g/mol. The van der Waals surface area contributed by atoms with Crippen LogP contribution in [0.2, 0.25) is 0 Å². The predicted molar refractivity (Wildman–Crippen MR) is 43.7 cm³/mol. The summed E-state index contributed by atoms with van der Waals surface area (Å²) in [4.78, 5) is 0. The number of hydrogen-bond acceptors (Lipinski definition) is 3. The summed E-state index contributed by atoms with van der Waals surface area (Å²) in [5, 5.41) is 0.523. The molecule has 0 N–H and O–H groups in total. The number of rotatable bonds is 2. The molecular formula is C5H11NO2S2. The Morgan fingerprint density at radius 1 is 1.50 bits per heavy atom. The van der Waals surface area contributed by atoms with Crippen molar-refractivity contribution in [3.8, 4) is 0 Å². The molecule has 0 amide bonds. The predicted octanol–water partition coefficient (Wildman–Crippen LogP) is -0.00680. The molecule has 0 radical (unpaired) electrons. The monoisotopic (exact) mass is 181 g/mol. The SMILES string of the molecule is CSC1CN(S(C)(=O)=O)C1. The summed E-state index contributed by atoms with van der Waals surface area (Å²) in [7, 11) is -2.89. The Morgan fingerprint density at radius 3 is 2.30 bits per heavy atom. The second-order valence-corrected chi connectivity index (χ2v) is 5.56. The van der Waals surface area contributed by atoms with Crippen molar-refractivity contribution >= 4 is 21.8 Å². The zero-order valence-corrected chi connectivity index (χ0v) is 7.70. The Labute approximate surface area is 65.8 Å². The number of nitrogens with zero attached hydrogens (tertiary/aromatic N) is 1. The quantitative estimate of drug-likeness (QED) is 0.601. The first-order valence-electron chi connectivity index (χ1n) is 3.02. The zero-order chi connectivity index (χ0) is 7.78. The van der Waals surface area contributed by atoms with Gasteiger partial charge in [0.15, 0.2) is 0 Å². The molecule has 0 bridgehead atoms. The van der Waals surface area contributed by atoms with Gasteiger partial charge in [0.25, 0.3) is 0 Å². The summed E-state index contributed by atoms with van der Waals surface area (Å²) in [6.45, 7) is 1.39. The number of thioether (sulfide) groups is 1. The van der Waals surface area contributed by atoms with Crippen LogP contribution in [0.4, 0.5) is 0 Å². The van der Waals surface area contributed by atoms with E-state index in [4.69, 9.17) is 0 Å². The molecule has 0 spiro atoms. The molecule has 1 aliphatic heterocycles. The normalized spacial score (nSPS) is 22.6. The van der Waals surface area contributed by atoms with Crippen LogP contribution in [0.5, 0.6) is 0 Å². The van der Waals surface area contributed by atoms with Gasteiger partial charge in [-0.3, -0.25) is 0 Å². The van der Waals surface area contributed by atoms with E-state index < -0.39 is 10.0 Å². The fourth-order valence-electron chi connectivity index (χ4n) is 0.821. The van der Waals surface area contributed by atoms with Crippen LogP contribution >= 0.6 is 11.8 Å². The lowest BCUT2D eigenvalue weighted by atomic mass is 10.3. The van der Waals surface area contributed by atoms with Gasteiger partial charge >= 0.3 is 0 Å². The molecule has 0 aliphatic carbocycles. The molecule has 0 aromatic heterocycles. The van der Waals surface area contributed by atoms with Gasteiger partial charge in [0.2, 0.25) is 10.0 Å². The third-order valence-corrected chi connectivity index (χ3v) is 3.82. The van der Waals surface area contributed by atoms with Crippen molar-refractivity contribution < 1.29 is 8.42 Å². The van der Waals surface area contributed by atoms with Gasteiger partial charge in [-0.15, -0.1) is 0 Å². The highest BCUT2D eigenvalue weighted by molar-refractivity contribution is 7.99. The van der Waals surface area contributed by atoms with Crippen LogP contribution in [0.25, 0.3) is 0 Å². The molecule has 1 heterocycles. The van der Waals surface area contributed by atoms with Gasteiger partial charge in [-0.25, -0.2) is 8.42 Å². The van der Waals surface area contributed by atoms with E-state index in [0.29, 0.717) is 18.3 Å². The molecule has 0 aromatic carbocycles. The zero-order valence-electron chi connectivity index (χ0n) is 6.07. The molecule has 0 atom stereocenters. The molecule has 10 heavy (non-hydrogen) atoms. The topological polar surface area (TPSA) is 37.4 Å². The lowest BCUT2D eigenvalue weighted by Crippen LogP contribution is -2.51. The van der Waals surface area contributed by atoms with Crippen molar-refractivity contribution in [2.45, 2.75) is 5.25 Å². The van der Waals surface area contributed by atoms with Gasteiger partial charge in [-0.1, -0.05) is 0 Å². The summed E-state index contributed by atoms with van der Waals surface area (Å²) < 4.78 is 23.1. The van der Waals surface area contributed by atoms with Crippen LogP contribution in [-0.4, -0.2) is 43.6 Å². The van der Waals surface area contributed by atoms with Crippen molar-refractivity contribution in [1.29, 1.82) is 0 Å². The van der Waals surface area contributed by atoms with E-state index in [-0.39, 0.29) is 0 Å². The molecule has 1 aliphatic rings. The minimum absolute atomic E-state index is 0.523. The maximum atomic E-state index is 10.8. The number of hydrogen-bond donors (Lipinski definition) is 0. The minimum Gasteiger partial charge on any atom is -0.213 e. The molecule has 1 fully saturated rings. The number of sulfonamides is 1. The maximum absolute atomic E-state index is 10.8. The first-order valence-corrected chi connectivity index (χ1v) is 6.15. The summed E-state index contributed by atoms with van der Waals surface area (Å²) >= 11 is 1.73. The van der Waals surface area contributed by atoms with Gasteiger partial charge in [0, 0.05) is 18.3 Å². The van der Waals surface area contributed by atoms with Crippen molar-refractivity contribution in [2.75, 3.05) is 25.6 Å². The van der Waals surface area contributed by atoms with Crippen LogP contribution in [-0.2, 0) is 10.0 Å². The lowest BCUT2D eigenvalue weighted by Gasteiger charge is -2.35. The molecule has 1 saturated heterocycles. The molecule has 5 heteroatoms. The van der Waals surface area contributed by atoms with Gasteiger partial charge < -0.3 is 0 Å². The fraction of sp³-hybridized carbons (Fsp3) is 1.00.